The van der Waals surface area contributed by atoms with E-state index in [0.717, 1.165) is 42.9 Å². The van der Waals surface area contributed by atoms with Gasteiger partial charge in [0, 0.05) is 19.1 Å². The van der Waals surface area contributed by atoms with Gasteiger partial charge in [0.1, 0.15) is 0 Å². The fourth-order valence-corrected chi connectivity index (χ4v) is 3.89. The smallest absolute Gasteiger partial charge is 0.317 e. The Morgan fingerprint density at radius 3 is 2.54 bits per heavy atom. The number of hydrogen-bond donors (Lipinski definition) is 1. The molecule has 1 aliphatic carbocycles. The molecular weight excluding hydrogens is 304 g/mol. The first-order valence-corrected chi connectivity index (χ1v) is 8.90. The molecule has 1 aromatic carbocycles. The molecule has 2 amide bonds. The van der Waals surface area contributed by atoms with Gasteiger partial charge in [0.15, 0.2) is 11.5 Å². The highest BCUT2D eigenvalue weighted by molar-refractivity contribution is 5.75. The molecule has 2 atom stereocenters. The summed E-state index contributed by atoms with van der Waals surface area (Å²) in [6, 6.07) is 4.42. The maximum absolute atomic E-state index is 12.6. The Hall–Kier alpha value is -1.91. The number of methoxy groups -OCH3 is 2. The number of carbonyl (C=O) groups is 1. The number of nitrogens with one attached hydrogen (secondary N) is 1. The second-order valence-electron chi connectivity index (χ2n) is 7.07. The first kappa shape index (κ1) is 16.9. The van der Waals surface area contributed by atoms with E-state index in [0.29, 0.717) is 18.5 Å². The highest BCUT2D eigenvalue weighted by atomic mass is 16.5. The summed E-state index contributed by atoms with van der Waals surface area (Å²) in [6.07, 6.45) is 5.55. The van der Waals surface area contributed by atoms with Crippen LogP contribution in [-0.2, 0) is 13.0 Å². The predicted molar refractivity (Wildman–Crippen MR) is 93.6 cm³/mol. The highest BCUT2D eigenvalue weighted by Gasteiger charge is 2.26. The normalized spacial score (nSPS) is 23.4. The Bertz CT molecular complexity index is 603. The second kappa shape index (κ2) is 7.32. The third-order valence-electron chi connectivity index (χ3n) is 5.27. The average Bonchev–Trinajstić information content (AvgIpc) is 2.59. The van der Waals surface area contributed by atoms with Crippen LogP contribution in [0.15, 0.2) is 12.1 Å². The number of benzene rings is 1. The van der Waals surface area contributed by atoms with E-state index in [1.807, 2.05) is 17.0 Å². The third-order valence-corrected chi connectivity index (χ3v) is 5.27. The molecule has 0 bridgehead atoms. The number of nitrogens with zero attached hydrogens (tertiary/aromatic N) is 1. The van der Waals surface area contributed by atoms with Crippen LogP contribution >= 0.6 is 0 Å². The van der Waals surface area contributed by atoms with Crippen LogP contribution in [0, 0.1) is 5.92 Å². The van der Waals surface area contributed by atoms with Crippen LogP contribution < -0.4 is 14.8 Å². The zero-order valence-corrected chi connectivity index (χ0v) is 14.9. The minimum Gasteiger partial charge on any atom is -0.493 e. The van der Waals surface area contributed by atoms with Gasteiger partial charge in [-0.05, 0) is 48.4 Å². The van der Waals surface area contributed by atoms with E-state index in [9.17, 15) is 4.79 Å². The zero-order valence-electron chi connectivity index (χ0n) is 14.9. The van der Waals surface area contributed by atoms with Crippen molar-refractivity contribution >= 4 is 6.03 Å². The van der Waals surface area contributed by atoms with Crippen LogP contribution in [0.4, 0.5) is 4.79 Å². The van der Waals surface area contributed by atoms with Gasteiger partial charge in [0.05, 0.1) is 14.2 Å². The van der Waals surface area contributed by atoms with Crippen molar-refractivity contribution in [3.63, 3.8) is 0 Å². The SMILES string of the molecule is COc1cc2c(cc1OC)CN(C(=O)NC1CCCC(C)C1)CC2. The van der Waals surface area contributed by atoms with Gasteiger partial charge in [-0.3, -0.25) is 0 Å². The van der Waals surface area contributed by atoms with Gasteiger partial charge in [0.2, 0.25) is 0 Å². The van der Waals surface area contributed by atoms with E-state index in [2.05, 4.69) is 12.2 Å². The minimum absolute atomic E-state index is 0.0644. The van der Waals surface area contributed by atoms with Crippen molar-refractivity contribution in [2.24, 2.45) is 5.92 Å². The first-order valence-electron chi connectivity index (χ1n) is 8.90. The van der Waals surface area contributed by atoms with Gasteiger partial charge in [-0.15, -0.1) is 0 Å². The van der Waals surface area contributed by atoms with Gasteiger partial charge >= 0.3 is 6.03 Å². The van der Waals surface area contributed by atoms with E-state index in [1.54, 1.807) is 14.2 Å². The summed E-state index contributed by atoms with van der Waals surface area (Å²) in [5.41, 5.74) is 2.38. The molecule has 0 radical (unpaired) electrons. The van der Waals surface area contributed by atoms with Crippen molar-refractivity contribution in [1.29, 1.82) is 0 Å². The lowest BCUT2D eigenvalue weighted by Gasteiger charge is -2.33. The fraction of sp³-hybridized carbons (Fsp3) is 0.632. The molecule has 1 heterocycles. The molecule has 1 fully saturated rings. The van der Waals surface area contributed by atoms with Crippen LogP contribution in [-0.4, -0.2) is 37.7 Å². The van der Waals surface area contributed by atoms with Gasteiger partial charge < -0.3 is 19.7 Å². The molecule has 3 rings (SSSR count). The maximum Gasteiger partial charge on any atom is 0.317 e. The quantitative estimate of drug-likeness (QED) is 0.923. The molecule has 0 saturated heterocycles. The lowest BCUT2D eigenvalue weighted by molar-refractivity contribution is 0.181. The third kappa shape index (κ3) is 3.60. The Kier molecular flexibility index (Phi) is 5.17. The molecule has 24 heavy (non-hydrogen) atoms. The van der Waals surface area contributed by atoms with Crippen molar-refractivity contribution in [1.82, 2.24) is 10.2 Å². The molecule has 5 nitrogen and oxygen atoms in total. The monoisotopic (exact) mass is 332 g/mol. The van der Waals surface area contributed by atoms with Gasteiger partial charge in [-0.2, -0.15) is 0 Å². The topological polar surface area (TPSA) is 50.8 Å². The summed E-state index contributed by atoms with van der Waals surface area (Å²) < 4.78 is 10.8. The van der Waals surface area contributed by atoms with Crippen LogP contribution in [0.1, 0.15) is 43.7 Å². The van der Waals surface area contributed by atoms with Crippen molar-refractivity contribution in [3.05, 3.63) is 23.3 Å². The molecular formula is C19H28N2O3. The van der Waals surface area contributed by atoms with E-state index in [1.165, 1.54) is 18.4 Å². The largest absolute Gasteiger partial charge is 0.493 e. The summed E-state index contributed by atoms with van der Waals surface area (Å²) in [6.45, 7) is 3.65. The molecule has 1 aromatic rings. The number of rotatable bonds is 3. The molecule has 5 heteroatoms. The first-order chi connectivity index (χ1) is 11.6. The van der Waals surface area contributed by atoms with Gasteiger partial charge in [-0.1, -0.05) is 19.8 Å². The van der Waals surface area contributed by atoms with Crippen molar-refractivity contribution in [3.8, 4) is 11.5 Å². The minimum atomic E-state index is 0.0644. The highest BCUT2D eigenvalue weighted by Crippen LogP contribution is 2.33. The van der Waals surface area contributed by atoms with Gasteiger partial charge in [-0.25, -0.2) is 4.79 Å². The Labute approximate surface area is 144 Å². The van der Waals surface area contributed by atoms with Crippen molar-refractivity contribution in [2.75, 3.05) is 20.8 Å². The van der Waals surface area contributed by atoms with Crippen molar-refractivity contribution in [2.45, 2.75) is 51.6 Å². The lowest BCUT2D eigenvalue weighted by Crippen LogP contribution is -2.47. The van der Waals surface area contributed by atoms with Crippen molar-refractivity contribution < 1.29 is 14.3 Å². The lowest BCUT2D eigenvalue weighted by atomic mass is 9.87. The summed E-state index contributed by atoms with van der Waals surface area (Å²) in [5, 5.41) is 3.23. The number of urea groups is 1. The maximum atomic E-state index is 12.6. The molecule has 1 saturated carbocycles. The average molecular weight is 332 g/mol. The van der Waals surface area contributed by atoms with Gasteiger partial charge in [0.25, 0.3) is 0 Å². The zero-order chi connectivity index (χ0) is 17.1. The van der Waals surface area contributed by atoms with E-state index >= 15 is 0 Å². The Morgan fingerprint density at radius 2 is 1.88 bits per heavy atom. The standard InChI is InChI=1S/C19H28N2O3/c1-13-5-4-6-16(9-13)20-19(22)21-8-7-14-10-17(23-2)18(24-3)11-15(14)12-21/h10-11,13,16H,4-9,12H2,1-3H3,(H,20,22). The summed E-state index contributed by atoms with van der Waals surface area (Å²) in [5.74, 6) is 2.19. The number of carbonyl (C=O) groups excluding carboxylic acids is 1. The molecule has 1 aliphatic heterocycles. The molecule has 0 aromatic heterocycles. The number of amides is 2. The second-order valence-corrected chi connectivity index (χ2v) is 7.07. The summed E-state index contributed by atoms with van der Waals surface area (Å²) >= 11 is 0. The van der Waals surface area contributed by atoms with E-state index in [4.69, 9.17) is 9.47 Å². The number of hydrogen-bond acceptors (Lipinski definition) is 3. The predicted octanol–water partition coefficient (Wildman–Crippen LogP) is 3.35. The summed E-state index contributed by atoms with van der Waals surface area (Å²) in [4.78, 5) is 14.5. The summed E-state index contributed by atoms with van der Waals surface area (Å²) in [7, 11) is 3.29. The molecule has 2 aliphatic rings. The number of ether oxygens (including phenoxy) is 2. The number of fused-ring (bicyclic) bond motifs is 1. The Balaban J connectivity index is 1.66. The molecule has 1 N–H and O–H groups in total. The Morgan fingerprint density at radius 1 is 1.17 bits per heavy atom. The van der Waals surface area contributed by atoms with Crippen LogP contribution in [0.3, 0.4) is 0 Å². The van der Waals surface area contributed by atoms with Crippen LogP contribution in [0.25, 0.3) is 0 Å². The molecule has 132 valence electrons. The van der Waals surface area contributed by atoms with Crippen LogP contribution in [0.2, 0.25) is 0 Å². The van der Waals surface area contributed by atoms with E-state index < -0.39 is 0 Å². The molecule has 0 spiro atoms. The molecule has 2 unspecified atom stereocenters. The fourth-order valence-electron chi connectivity index (χ4n) is 3.89. The van der Waals surface area contributed by atoms with E-state index in [-0.39, 0.29) is 6.03 Å². The van der Waals surface area contributed by atoms with Crippen LogP contribution in [0.5, 0.6) is 11.5 Å².